The molecule has 0 radical (unpaired) electrons. The summed E-state index contributed by atoms with van der Waals surface area (Å²) in [5.74, 6) is 0.520. The number of rotatable bonds is 2. The zero-order valence-electron chi connectivity index (χ0n) is 15.2. The van der Waals surface area contributed by atoms with E-state index in [1.54, 1.807) is 6.07 Å². The van der Waals surface area contributed by atoms with Gasteiger partial charge in [0.1, 0.15) is 0 Å². The quantitative estimate of drug-likeness (QED) is 0.608. The number of nitrogens with zero attached hydrogens (tertiary/aromatic N) is 1. The van der Waals surface area contributed by atoms with E-state index in [1.807, 2.05) is 6.07 Å². The van der Waals surface area contributed by atoms with E-state index in [1.165, 1.54) is 19.3 Å². The molecule has 1 saturated heterocycles. The van der Waals surface area contributed by atoms with Crippen LogP contribution in [0.25, 0.3) is 0 Å². The fraction of sp³-hybridized carbons (Fsp3) is 0.714. The Labute approximate surface area is 154 Å². The molecule has 4 aliphatic rings. The smallest absolute Gasteiger partial charge is 0.161 e. The van der Waals surface area contributed by atoms with Crippen molar-refractivity contribution < 1.29 is 20.4 Å². The molecule has 0 amide bonds. The van der Waals surface area contributed by atoms with Gasteiger partial charge in [0.25, 0.3) is 0 Å². The Kier molecular flexibility index (Phi) is 3.63. The molecule has 0 spiro atoms. The van der Waals surface area contributed by atoms with Gasteiger partial charge in [-0.15, -0.1) is 0 Å². The molecule has 1 heterocycles. The van der Waals surface area contributed by atoms with Crippen LogP contribution < -0.4 is 0 Å². The lowest BCUT2D eigenvalue weighted by molar-refractivity contribution is -0.185. The Morgan fingerprint density at radius 2 is 1.92 bits per heavy atom. The molecule has 26 heavy (non-hydrogen) atoms. The standard InChI is InChI=1S/C21H29NO4/c23-15-6-7-21(26)17-10-14-4-5-16(24)19(25)18(14)20(21,11-15)8-9-22(17)12-13-2-1-3-13/h4-5,13,15,17,23-26H,1-3,6-12H2/t15-,17+,20+,21+/m0/s1. The number of phenolic OH excluding ortho intramolecular Hbond substituents is 2. The lowest BCUT2D eigenvalue weighted by Crippen LogP contribution is -2.73. The van der Waals surface area contributed by atoms with E-state index >= 15 is 0 Å². The molecule has 2 bridgehead atoms. The summed E-state index contributed by atoms with van der Waals surface area (Å²) < 4.78 is 0. The Morgan fingerprint density at radius 3 is 2.65 bits per heavy atom. The largest absolute Gasteiger partial charge is 0.504 e. The van der Waals surface area contributed by atoms with E-state index in [0.29, 0.717) is 37.7 Å². The van der Waals surface area contributed by atoms with E-state index in [-0.39, 0.29) is 17.5 Å². The monoisotopic (exact) mass is 359 g/mol. The predicted molar refractivity (Wildman–Crippen MR) is 97.3 cm³/mol. The molecule has 2 saturated carbocycles. The topological polar surface area (TPSA) is 84.2 Å². The van der Waals surface area contributed by atoms with Crippen molar-refractivity contribution >= 4 is 0 Å². The molecule has 4 N–H and O–H groups in total. The first-order valence-electron chi connectivity index (χ1n) is 10.1. The second-order valence-corrected chi connectivity index (χ2v) is 9.13. The number of hydrogen-bond acceptors (Lipinski definition) is 5. The third-order valence-corrected chi connectivity index (χ3v) is 7.94. The van der Waals surface area contributed by atoms with E-state index in [0.717, 1.165) is 24.6 Å². The second-order valence-electron chi connectivity index (χ2n) is 9.13. The van der Waals surface area contributed by atoms with Crippen molar-refractivity contribution in [2.24, 2.45) is 5.92 Å². The molecule has 5 nitrogen and oxygen atoms in total. The van der Waals surface area contributed by atoms with Gasteiger partial charge in [-0.1, -0.05) is 12.5 Å². The van der Waals surface area contributed by atoms with Gasteiger partial charge in [-0.05, 0) is 69.0 Å². The number of piperidine rings is 1. The third kappa shape index (κ3) is 2.08. The Balaban J connectivity index is 1.63. The lowest BCUT2D eigenvalue weighted by atomic mass is 9.49. The summed E-state index contributed by atoms with van der Waals surface area (Å²) in [6.45, 7) is 1.93. The van der Waals surface area contributed by atoms with E-state index in [4.69, 9.17) is 0 Å². The summed E-state index contributed by atoms with van der Waals surface area (Å²) in [6.07, 6.45) is 6.45. The van der Waals surface area contributed by atoms with Crippen molar-refractivity contribution in [1.29, 1.82) is 0 Å². The second kappa shape index (κ2) is 5.60. The average molecular weight is 359 g/mol. The van der Waals surface area contributed by atoms with Gasteiger partial charge < -0.3 is 20.4 Å². The third-order valence-electron chi connectivity index (χ3n) is 7.94. The minimum absolute atomic E-state index is 0.0285. The van der Waals surface area contributed by atoms with Crippen molar-refractivity contribution in [3.63, 3.8) is 0 Å². The predicted octanol–water partition coefficient (Wildman–Crippen LogP) is 2.04. The highest BCUT2D eigenvalue weighted by Crippen LogP contribution is 2.61. The summed E-state index contributed by atoms with van der Waals surface area (Å²) in [6, 6.07) is 3.48. The highest BCUT2D eigenvalue weighted by atomic mass is 16.3. The van der Waals surface area contributed by atoms with Crippen LogP contribution in [0.4, 0.5) is 0 Å². The van der Waals surface area contributed by atoms with Gasteiger partial charge in [0, 0.05) is 23.6 Å². The van der Waals surface area contributed by atoms with Crippen molar-refractivity contribution in [3.05, 3.63) is 23.3 Å². The first kappa shape index (κ1) is 16.8. The maximum absolute atomic E-state index is 12.0. The zero-order chi connectivity index (χ0) is 18.1. The van der Waals surface area contributed by atoms with E-state index < -0.39 is 17.1 Å². The van der Waals surface area contributed by atoms with Crippen LogP contribution in [0, 0.1) is 5.92 Å². The molecule has 0 unspecified atom stereocenters. The fourth-order valence-corrected chi connectivity index (χ4v) is 6.40. The van der Waals surface area contributed by atoms with Crippen LogP contribution in [0.5, 0.6) is 11.5 Å². The summed E-state index contributed by atoms with van der Waals surface area (Å²) in [5, 5.41) is 43.2. The van der Waals surface area contributed by atoms with Gasteiger partial charge in [-0.25, -0.2) is 0 Å². The van der Waals surface area contributed by atoms with Gasteiger partial charge in [0.15, 0.2) is 11.5 Å². The lowest BCUT2D eigenvalue weighted by Gasteiger charge is -2.64. The zero-order valence-corrected chi connectivity index (χ0v) is 15.2. The van der Waals surface area contributed by atoms with E-state index in [2.05, 4.69) is 4.90 Å². The molecule has 5 rings (SSSR count). The summed E-state index contributed by atoms with van der Waals surface area (Å²) in [4.78, 5) is 2.48. The summed E-state index contributed by atoms with van der Waals surface area (Å²) in [7, 11) is 0. The Hall–Kier alpha value is -1.30. The molecule has 3 aliphatic carbocycles. The Bertz CT molecular complexity index is 733. The van der Waals surface area contributed by atoms with Crippen molar-refractivity contribution in [2.45, 2.75) is 74.5 Å². The summed E-state index contributed by atoms with van der Waals surface area (Å²) >= 11 is 0. The molecule has 1 aromatic carbocycles. The van der Waals surface area contributed by atoms with Crippen LogP contribution in [0.3, 0.4) is 0 Å². The number of benzene rings is 1. The normalized spacial score (nSPS) is 39.8. The molecule has 4 atom stereocenters. The van der Waals surface area contributed by atoms with Crippen LogP contribution in [-0.2, 0) is 11.8 Å². The number of likely N-dealkylation sites (tertiary alicyclic amines) is 1. The number of aliphatic hydroxyl groups excluding tert-OH is 1. The van der Waals surface area contributed by atoms with Gasteiger partial charge in [-0.3, -0.25) is 4.90 Å². The number of aromatic hydroxyl groups is 2. The molecule has 0 aromatic heterocycles. The SMILES string of the molecule is Oc1ccc2c(c1O)[C@]13CCN(CC4CCC4)[C@H](C2)[C@]1(O)CC[C@H](O)C3. The molecule has 3 fully saturated rings. The van der Waals surface area contributed by atoms with Crippen LogP contribution in [0.15, 0.2) is 12.1 Å². The van der Waals surface area contributed by atoms with Crippen LogP contribution in [0.2, 0.25) is 0 Å². The molecular weight excluding hydrogens is 330 g/mol. The Morgan fingerprint density at radius 1 is 1.12 bits per heavy atom. The van der Waals surface area contributed by atoms with Crippen LogP contribution in [0.1, 0.15) is 56.1 Å². The van der Waals surface area contributed by atoms with Crippen molar-refractivity contribution in [2.75, 3.05) is 13.1 Å². The van der Waals surface area contributed by atoms with Crippen LogP contribution >= 0.6 is 0 Å². The summed E-state index contributed by atoms with van der Waals surface area (Å²) in [5.41, 5.74) is 0.0922. The van der Waals surface area contributed by atoms with Gasteiger partial charge in [0.2, 0.25) is 0 Å². The van der Waals surface area contributed by atoms with Gasteiger partial charge in [-0.2, -0.15) is 0 Å². The molecule has 1 aromatic rings. The highest BCUT2D eigenvalue weighted by molar-refractivity contribution is 5.57. The highest BCUT2D eigenvalue weighted by Gasteiger charge is 2.65. The maximum atomic E-state index is 12.0. The first-order chi connectivity index (χ1) is 12.4. The minimum Gasteiger partial charge on any atom is -0.504 e. The van der Waals surface area contributed by atoms with Crippen molar-refractivity contribution in [3.8, 4) is 11.5 Å². The average Bonchev–Trinajstić information content (AvgIpc) is 2.56. The first-order valence-corrected chi connectivity index (χ1v) is 10.1. The van der Waals surface area contributed by atoms with E-state index in [9.17, 15) is 20.4 Å². The van der Waals surface area contributed by atoms with Gasteiger partial charge in [0.05, 0.1) is 11.7 Å². The molecule has 5 heteroatoms. The van der Waals surface area contributed by atoms with Crippen molar-refractivity contribution in [1.82, 2.24) is 4.90 Å². The molecule has 1 aliphatic heterocycles. The number of fused-ring (bicyclic) bond motifs is 1. The molecular formula is C21H29NO4. The molecule has 142 valence electrons. The minimum atomic E-state index is -0.952. The number of phenols is 2. The van der Waals surface area contributed by atoms with Crippen LogP contribution in [-0.4, -0.2) is 56.2 Å². The maximum Gasteiger partial charge on any atom is 0.161 e. The van der Waals surface area contributed by atoms with Gasteiger partial charge >= 0.3 is 0 Å². The number of hydrogen-bond donors (Lipinski definition) is 4. The fourth-order valence-electron chi connectivity index (χ4n) is 6.40. The number of aliphatic hydroxyl groups is 2.